The van der Waals surface area contributed by atoms with E-state index in [1.165, 1.54) is 28.6 Å². The first-order valence-electron chi connectivity index (χ1n) is 11.3. The van der Waals surface area contributed by atoms with Crippen molar-refractivity contribution in [1.29, 1.82) is 0 Å². The predicted octanol–water partition coefficient (Wildman–Crippen LogP) is 4.80. The first-order valence-corrected chi connectivity index (χ1v) is 12.3. The van der Waals surface area contributed by atoms with Crippen LogP contribution < -0.4 is 14.8 Å². The van der Waals surface area contributed by atoms with Crippen molar-refractivity contribution in [2.24, 2.45) is 0 Å². The lowest BCUT2D eigenvalue weighted by molar-refractivity contribution is -0.274. The van der Waals surface area contributed by atoms with Crippen LogP contribution in [0.1, 0.15) is 33.1 Å². The summed E-state index contributed by atoms with van der Waals surface area (Å²) in [4.78, 5) is 22.0. The smallest absolute Gasteiger partial charge is 0.497 e. The number of nitrogens with one attached hydrogen (secondary N) is 1. The van der Waals surface area contributed by atoms with Gasteiger partial charge in [-0.3, -0.25) is 4.79 Å². The third-order valence-electron chi connectivity index (χ3n) is 5.18. The summed E-state index contributed by atoms with van der Waals surface area (Å²) in [6.07, 6.45) is -4.81. The number of alkyl halides is 3. The highest BCUT2D eigenvalue weighted by Gasteiger charge is 2.31. The normalized spacial score (nSPS) is 11.3. The van der Waals surface area contributed by atoms with Gasteiger partial charge in [0.2, 0.25) is 0 Å². The third kappa shape index (κ3) is 7.00. The first-order chi connectivity index (χ1) is 18.1. The van der Waals surface area contributed by atoms with Crippen molar-refractivity contribution in [2.75, 3.05) is 7.11 Å². The number of aromatic nitrogens is 5. The highest BCUT2D eigenvalue weighted by molar-refractivity contribution is 7.98. The fraction of sp³-hybridized carbons (Fsp3) is 0.240. The Morgan fingerprint density at radius 2 is 1.74 bits per heavy atom. The minimum absolute atomic E-state index is 0.0698. The van der Waals surface area contributed by atoms with E-state index in [1.54, 1.807) is 19.2 Å². The Bertz CT molecular complexity index is 1410. The summed E-state index contributed by atoms with van der Waals surface area (Å²) in [5.41, 5.74) is 3.30. The van der Waals surface area contributed by atoms with Gasteiger partial charge in [-0.1, -0.05) is 29.1 Å². The molecule has 0 saturated carbocycles. The number of carbonyl (C=O) groups is 1. The van der Waals surface area contributed by atoms with Crippen LogP contribution in [-0.4, -0.2) is 44.3 Å². The van der Waals surface area contributed by atoms with Crippen LogP contribution in [0.5, 0.6) is 11.5 Å². The second kappa shape index (κ2) is 11.5. The van der Waals surface area contributed by atoms with Crippen LogP contribution in [0.25, 0.3) is 5.69 Å². The summed E-state index contributed by atoms with van der Waals surface area (Å²) in [6, 6.07) is 14.2. The second-order valence-corrected chi connectivity index (χ2v) is 9.04. The highest BCUT2D eigenvalue weighted by atomic mass is 32.2. The number of halogens is 3. The number of thioether (sulfide) groups is 1. The fourth-order valence-corrected chi connectivity index (χ4v) is 4.49. The molecule has 0 bridgehead atoms. The van der Waals surface area contributed by atoms with Crippen molar-refractivity contribution in [3.63, 3.8) is 0 Å². The zero-order valence-corrected chi connectivity index (χ0v) is 21.4. The third-order valence-corrected chi connectivity index (χ3v) is 6.04. The van der Waals surface area contributed by atoms with Gasteiger partial charge < -0.3 is 14.8 Å². The topological polar surface area (TPSA) is 104 Å². The SMILES string of the molecule is COc1cccc(CNC(=O)c2nnn(-c3ccc(OC(F)(F)F)cc3)c2CSc2nc(C)cc(C)n2)c1. The van der Waals surface area contributed by atoms with Crippen LogP contribution in [0.4, 0.5) is 13.2 Å². The number of amides is 1. The van der Waals surface area contributed by atoms with E-state index >= 15 is 0 Å². The number of benzene rings is 2. The summed E-state index contributed by atoms with van der Waals surface area (Å²) in [5.74, 6) is 0.0370. The second-order valence-electron chi connectivity index (χ2n) is 8.09. The zero-order chi connectivity index (χ0) is 27.3. The van der Waals surface area contributed by atoms with Crippen LogP contribution in [0.15, 0.2) is 59.8 Å². The van der Waals surface area contributed by atoms with E-state index in [1.807, 2.05) is 32.0 Å². The summed E-state index contributed by atoms with van der Waals surface area (Å²) in [6.45, 7) is 3.93. The van der Waals surface area contributed by atoms with Crippen molar-refractivity contribution >= 4 is 17.7 Å². The Morgan fingerprint density at radius 3 is 2.39 bits per heavy atom. The number of ether oxygens (including phenoxy) is 2. The molecule has 0 spiro atoms. The number of carbonyl (C=O) groups excluding carboxylic acids is 1. The van der Waals surface area contributed by atoms with Crippen molar-refractivity contribution in [1.82, 2.24) is 30.3 Å². The van der Waals surface area contributed by atoms with Gasteiger partial charge in [0.1, 0.15) is 11.5 Å². The summed E-state index contributed by atoms with van der Waals surface area (Å²) >= 11 is 1.28. The Kier molecular flexibility index (Phi) is 8.15. The molecule has 13 heteroatoms. The molecule has 0 aliphatic carbocycles. The zero-order valence-electron chi connectivity index (χ0n) is 20.6. The van der Waals surface area contributed by atoms with Crippen LogP contribution in [0.2, 0.25) is 0 Å². The van der Waals surface area contributed by atoms with Gasteiger partial charge in [0.15, 0.2) is 10.9 Å². The van der Waals surface area contributed by atoms with Gasteiger partial charge in [0.05, 0.1) is 18.5 Å². The minimum Gasteiger partial charge on any atom is -0.497 e. The molecule has 0 aliphatic rings. The molecule has 0 saturated heterocycles. The molecule has 4 aromatic rings. The van der Waals surface area contributed by atoms with Gasteiger partial charge in [-0.05, 0) is 61.9 Å². The van der Waals surface area contributed by atoms with Gasteiger partial charge >= 0.3 is 6.36 Å². The molecule has 1 amide bonds. The number of hydrogen-bond donors (Lipinski definition) is 1. The summed E-state index contributed by atoms with van der Waals surface area (Å²) in [7, 11) is 1.56. The molecule has 0 atom stereocenters. The summed E-state index contributed by atoms with van der Waals surface area (Å²) in [5, 5.41) is 11.5. The number of aryl methyl sites for hydroxylation is 2. The average molecular weight is 545 g/mol. The van der Waals surface area contributed by atoms with Gasteiger partial charge in [0.25, 0.3) is 5.91 Å². The Hall–Kier alpha value is -4.13. The molecule has 1 N–H and O–H groups in total. The molecule has 0 fully saturated rings. The Labute approximate surface area is 220 Å². The summed E-state index contributed by atoms with van der Waals surface area (Å²) < 4.78 is 48.2. The van der Waals surface area contributed by atoms with Gasteiger partial charge in [0, 0.05) is 23.7 Å². The molecule has 9 nitrogen and oxygen atoms in total. The molecular weight excluding hydrogens is 521 g/mol. The van der Waals surface area contributed by atoms with Gasteiger partial charge in [-0.2, -0.15) is 0 Å². The van der Waals surface area contributed by atoms with E-state index in [0.29, 0.717) is 22.3 Å². The molecule has 2 aromatic heterocycles. The lowest BCUT2D eigenvalue weighted by Crippen LogP contribution is -2.24. The quantitative estimate of drug-likeness (QED) is 0.237. The number of rotatable bonds is 9. The van der Waals surface area contributed by atoms with E-state index in [2.05, 4.69) is 30.3 Å². The number of methoxy groups -OCH3 is 1. The molecular formula is C25H23F3N6O3S. The molecule has 198 valence electrons. The molecule has 2 aromatic carbocycles. The van der Waals surface area contributed by atoms with Crippen LogP contribution in [0.3, 0.4) is 0 Å². The first kappa shape index (κ1) is 26.9. The standard InChI is InChI=1S/C25H23F3N6O3S/c1-15-11-16(2)31-24(30-15)38-14-21-22(23(35)29-13-17-5-4-6-20(12-17)36-3)32-33-34(21)18-7-9-19(10-8-18)37-25(26,27)28/h4-12H,13-14H2,1-3H3,(H,29,35). The number of nitrogens with zero attached hydrogens (tertiary/aromatic N) is 5. The fourth-order valence-electron chi connectivity index (χ4n) is 3.54. The van der Waals surface area contributed by atoms with Crippen molar-refractivity contribution in [3.05, 3.63) is 82.9 Å². The lowest BCUT2D eigenvalue weighted by atomic mass is 10.2. The molecule has 4 rings (SSSR count). The van der Waals surface area contributed by atoms with E-state index in [-0.39, 0.29) is 23.7 Å². The lowest BCUT2D eigenvalue weighted by Gasteiger charge is -2.11. The van der Waals surface area contributed by atoms with E-state index < -0.39 is 12.3 Å². The Morgan fingerprint density at radius 1 is 1.03 bits per heavy atom. The van der Waals surface area contributed by atoms with Gasteiger partial charge in [-0.15, -0.1) is 18.3 Å². The van der Waals surface area contributed by atoms with Crippen LogP contribution >= 0.6 is 11.8 Å². The molecule has 0 aliphatic heterocycles. The van der Waals surface area contributed by atoms with Gasteiger partial charge in [-0.25, -0.2) is 14.6 Å². The van der Waals surface area contributed by atoms with Crippen molar-refractivity contribution in [2.45, 2.75) is 37.7 Å². The highest BCUT2D eigenvalue weighted by Crippen LogP contribution is 2.27. The maximum atomic E-state index is 13.1. The van der Waals surface area contributed by atoms with Crippen molar-refractivity contribution in [3.8, 4) is 17.2 Å². The molecule has 0 unspecified atom stereocenters. The molecule has 38 heavy (non-hydrogen) atoms. The maximum absolute atomic E-state index is 13.1. The maximum Gasteiger partial charge on any atom is 0.573 e. The molecule has 0 radical (unpaired) electrons. The predicted molar refractivity (Wildman–Crippen MR) is 133 cm³/mol. The average Bonchev–Trinajstić information content (AvgIpc) is 3.29. The van der Waals surface area contributed by atoms with E-state index in [9.17, 15) is 18.0 Å². The largest absolute Gasteiger partial charge is 0.573 e. The number of hydrogen-bond acceptors (Lipinski definition) is 8. The van der Waals surface area contributed by atoms with E-state index in [4.69, 9.17) is 4.74 Å². The monoisotopic (exact) mass is 544 g/mol. The van der Waals surface area contributed by atoms with Crippen molar-refractivity contribution < 1.29 is 27.4 Å². The molecule has 2 heterocycles. The minimum atomic E-state index is -4.81. The van der Waals surface area contributed by atoms with Crippen LogP contribution in [-0.2, 0) is 12.3 Å². The van der Waals surface area contributed by atoms with Crippen LogP contribution in [0, 0.1) is 13.8 Å². The van der Waals surface area contributed by atoms with E-state index in [0.717, 1.165) is 29.1 Å². The Balaban J connectivity index is 1.60.